The van der Waals surface area contributed by atoms with E-state index in [0.717, 1.165) is 0 Å². The molecular formula is C13H11Cl2F3N6. The largest absolute Gasteiger partial charge is 0.451 e. The summed E-state index contributed by atoms with van der Waals surface area (Å²) in [6, 6.07) is 0. The van der Waals surface area contributed by atoms with Gasteiger partial charge in [-0.3, -0.25) is 4.90 Å². The zero-order chi connectivity index (χ0) is 17.5. The Morgan fingerprint density at radius 2 is 1.83 bits per heavy atom. The van der Waals surface area contributed by atoms with Gasteiger partial charge in [-0.1, -0.05) is 23.2 Å². The first kappa shape index (κ1) is 17.1. The van der Waals surface area contributed by atoms with Crippen molar-refractivity contribution in [3.05, 3.63) is 39.1 Å². The predicted molar refractivity (Wildman–Crippen MR) is 81.3 cm³/mol. The third-order valence-electron chi connectivity index (χ3n) is 3.57. The Hall–Kier alpha value is -1.71. The molecule has 2 aromatic heterocycles. The molecule has 0 saturated heterocycles. The minimum Gasteiger partial charge on any atom is -0.368 e. The number of halogens is 5. The normalized spacial score (nSPS) is 15.4. The predicted octanol–water partition coefficient (Wildman–Crippen LogP) is 2.73. The Balaban J connectivity index is 1.79. The number of alkyl halides is 3. The zero-order valence-electron chi connectivity index (χ0n) is 12.1. The van der Waals surface area contributed by atoms with Crippen molar-refractivity contribution in [2.75, 3.05) is 12.3 Å². The van der Waals surface area contributed by atoms with Gasteiger partial charge in [0.2, 0.25) is 11.8 Å². The quantitative estimate of drug-likeness (QED) is 0.809. The van der Waals surface area contributed by atoms with Gasteiger partial charge >= 0.3 is 6.18 Å². The number of hydrogen-bond acceptors (Lipinski definition) is 6. The van der Waals surface area contributed by atoms with E-state index in [0.29, 0.717) is 42.9 Å². The van der Waals surface area contributed by atoms with Crippen molar-refractivity contribution in [2.24, 2.45) is 0 Å². The maximum Gasteiger partial charge on any atom is 0.451 e. The van der Waals surface area contributed by atoms with E-state index in [1.807, 2.05) is 4.90 Å². The number of fused-ring (bicyclic) bond motifs is 1. The van der Waals surface area contributed by atoms with Gasteiger partial charge in [0.25, 0.3) is 0 Å². The van der Waals surface area contributed by atoms with Gasteiger partial charge in [-0.25, -0.2) is 19.9 Å². The number of aromatic nitrogens is 4. The van der Waals surface area contributed by atoms with Gasteiger partial charge in [-0.15, -0.1) is 0 Å². The Labute approximate surface area is 144 Å². The highest BCUT2D eigenvalue weighted by molar-refractivity contribution is 6.34. The first-order valence-corrected chi connectivity index (χ1v) is 7.61. The summed E-state index contributed by atoms with van der Waals surface area (Å²) in [6.07, 6.45) is -2.97. The molecule has 0 saturated carbocycles. The van der Waals surface area contributed by atoms with Crippen molar-refractivity contribution in [2.45, 2.75) is 25.7 Å². The van der Waals surface area contributed by atoms with E-state index >= 15 is 0 Å². The molecule has 0 bridgehead atoms. The smallest absolute Gasteiger partial charge is 0.368 e. The van der Waals surface area contributed by atoms with E-state index in [-0.39, 0.29) is 16.3 Å². The summed E-state index contributed by atoms with van der Waals surface area (Å²) in [5.41, 5.74) is 7.02. The average molecular weight is 379 g/mol. The molecule has 0 aromatic carbocycles. The van der Waals surface area contributed by atoms with Crippen LogP contribution in [-0.4, -0.2) is 31.4 Å². The lowest BCUT2D eigenvalue weighted by molar-refractivity contribution is -0.145. The maximum absolute atomic E-state index is 12.7. The van der Waals surface area contributed by atoms with E-state index in [9.17, 15) is 13.2 Å². The van der Waals surface area contributed by atoms with Gasteiger partial charge in [0.1, 0.15) is 10.3 Å². The molecule has 2 N–H and O–H groups in total. The first-order chi connectivity index (χ1) is 11.2. The zero-order valence-corrected chi connectivity index (χ0v) is 13.6. The molecule has 3 rings (SSSR count). The summed E-state index contributed by atoms with van der Waals surface area (Å²) in [5, 5.41) is 0.309. The fraction of sp³-hybridized carbons (Fsp3) is 0.385. The van der Waals surface area contributed by atoms with Crippen LogP contribution in [-0.2, 0) is 25.7 Å². The molecule has 0 fully saturated rings. The Morgan fingerprint density at radius 1 is 1.17 bits per heavy atom. The van der Waals surface area contributed by atoms with Crippen molar-refractivity contribution < 1.29 is 13.2 Å². The lowest BCUT2D eigenvalue weighted by Gasteiger charge is -2.28. The minimum absolute atomic E-state index is 0.0224. The molecule has 24 heavy (non-hydrogen) atoms. The SMILES string of the molecule is Nc1nc(Cl)c(CN2CCc3nc(C(F)(F)F)ncc3C2)c(Cl)n1. The van der Waals surface area contributed by atoms with Crippen LogP contribution in [0.1, 0.15) is 22.6 Å². The molecule has 128 valence electrons. The molecule has 0 atom stereocenters. The van der Waals surface area contributed by atoms with Crippen LogP contribution >= 0.6 is 23.2 Å². The summed E-state index contributed by atoms with van der Waals surface area (Å²) in [7, 11) is 0. The molecular weight excluding hydrogens is 368 g/mol. The van der Waals surface area contributed by atoms with E-state index in [2.05, 4.69) is 19.9 Å². The molecule has 0 spiro atoms. The number of nitrogen functional groups attached to an aromatic ring is 1. The van der Waals surface area contributed by atoms with E-state index < -0.39 is 12.0 Å². The summed E-state index contributed by atoms with van der Waals surface area (Å²) in [5.74, 6) is -1.14. The average Bonchev–Trinajstić information content (AvgIpc) is 2.49. The van der Waals surface area contributed by atoms with Crippen LogP contribution < -0.4 is 5.73 Å². The molecule has 11 heteroatoms. The van der Waals surface area contributed by atoms with Crippen LogP contribution in [0.2, 0.25) is 10.3 Å². The molecule has 2 aromatic rings. The molecule has 1 aliphatic rings. The van der Waals surface area contributed by atoms with Crippen LogP contribution in [0.3, 0.4) is 0 Å². The summed E-state index contributed by atoms with van der Waals surface area (Å²) >= 11 is 12.1. The van der Waals surface area contributed by atoms with Crippen molar-refractivity contribution in [3.8, 4) is 0 Å². The summed E-state index contributed by atoms with van der Waals surface area (Å²) < 4.78 is 38.0. The van der Waals surface area contributed by atoms with Crippen molar-refractivity contribution in [3.63, 3.8) is 0 Å². The van der Waals surface area contributed by atoms with Crippen molar-refractivity contribution >= 4 is 29.2 Å². The van der Waals surface area contributed by atoms with Gasteiger partial charge < -0.3 is 5.73 Å². The van der Waals surface area contributed by atoms with Gasteiger partial charge in [-0.05, 0) is 0 Å². The number of hydrogen-bond donors (Lipinski definition) is 1. The summed E-state index contributed by atoms with van der Waals surface area (Å²) in [6.45, 7) is 1.22. The molecule has 3 heterocycles. The minimum atomic E-state index is -4.55. The Morgan fingerprint density at radius 3 is 2.46 bits per heavy atom. The fourth-order valence-electron chi connectivity index (χ4n) is 2.45. The fourth-order valence-corrected chi connectivity index (χ4v) is 2.97. The Kier molecular flexibility index (Phi) is 4.50. The topological polar surface area (TPSA) is 80.8 Å². The highest BCUT2D eigenvalue weighted by atomic mass is 35.5. The third kappa shape index (κ3) is 3.52. The van der Waals surface area contributed by atoms with Gasteiger partial charge in [0.05, 0.1) is 5.69 Å². The molecule has 0 amide bonds. The van der Waals surface area contributed by atoms with Gasteiger partial charge in [0.15, 0.2) is 0 Å². The number of rotatable bonds is 2. The van der Waals surface area contributed by atoms with E-state index in [4.69, 9.17) is 28.9 Å². The first-order valence-electron chi connectivity index (χ1n) is 6.86. The molecule has 0 radical (unpaired) electrons. The van der Waals surface area contributed by atoms with E-state index in [1.54, 1.807) is 0 Å². The lowest BCUT2D eigenvalue weighted by Crippen LogP contribution is -2.32. The standard InChI is InChI=1S/C13H11Cl2F3N6/c14-9-7(10(15)23-12(19)22-9)5-24-2-1-8-6(4-24)3-20-11(21-8)13(16,17)18/h3H,1-2,4-5H2,(H2,19,22,23). The van der Waals surface area contributed by atoms with Crippen LogP contribution in [0.5, 0.6) is 0 Å². The monoisotopic (exact) mass is 378 g/mol. The van der Waals surface area contributed by atoms with Crippen LogP contribution in [0.25, 0.3) is 0 Å². The molecule has 0 aliphatic carbocycles. The van der Waals surface area contributed by atoms with Crippen LogP contribution in [0, 0.1) is 0 Å². The van der Waals surface area contributed by atoms with Crippen molar-refractivity contribution in [1.82, 2.24) is 24.8 Å². The Bertz CT molecular complexity index is 760. The second kappa shape index (κ2) is 6.30. The molecule has 0 unspecified atom stereocenters. The van der Waals surface area contributed by atoms with Crippen LogP contribution in [0.4, 0.5) is 19.1 Å². The number of nitrogens with two attached hydrogens (primary N) is 1. The highest BCUT2D eigenvalue weighted by Gasteiger charge is 2.35. The molecule has 6 nitrogen and oxygen atoms in total. The maximum atomic E-state index is 12.7. The van der Waals surface area contributed by atoms with Crippen LogP contribution in [0.15, 0.2) is 6.20 Å². The second-order valence-electron chi connectivity index (χ2n) is 5.27. The van der Waals surface area contributed by atoms with Crippen molar-refractivity contribution in [1.29, 1.82) is 0 Å². The second-order valence-corrected chi connectivity index (χ2v) is 5.98. The summed E-state index contributed by atoms with van der Waals surface area (Å²) in [4.78, 5) is 16.7. The molecule has 1 aliphatic heterocycles. The third-order valence-corrected chi connectivity index (χ3v) is 4.20. The lowest BCUT2D eigenvalue weighted by atomic mass is 10.1. The highest BCUT2D eigenvalue weighted by Crippen LogP contribution is 2.29. The van der Waals surface area contributed by atoms with E-state index in [1.165, 1.54) is 6.20 Å². The van der Waals surface area contributed by atoms with Gasteiger partial charge in [-0.2, -0.15) is 13.2 Å². The van der Waals surface area contributed by atoms with Gasteiger partial charge in [0, 0.05) is 43.4 Å². The number of anilines is 1. The number of nitrogens with zero attached hydrogens (tertiary/aromatic N) is 5.